The monoisotopic (exact) mass is 306 g/mol. The Morgan fingerprint density at radius 2 is 2.00 bits per heavy atom. The third kappa shape index (κ3) is 4.51. The fourth-order valence-electron chi connectivity index (χ4n) is 2.65. The summed E-state index contributed by atoms with van der Waals surface area (Å²) in [5, 5.41) is 2.95. The van der Waals surface area contributed by atoms with Crippen molar-refractivity contribution in [2.75, 3.05) is 23.7 Å². The zero-order chi connectivity index (χ0) is 16.3. The van der Waals surface area contributed by atoms with Crippen molar-refractivity contribution in [3.63, 3.8) is 0 Å². The number of ether oxygens (including phenoxy) is 1. The average Bonchev–Trinajstić information content (AvgIpc) is 2.38. The minimum absolute atomic E-state index is 0.160. The minimum Gasteiger partial charge on any atom is -0.444 e. The van der Waals surface area contributed by atoms with E-state index in [0.29, 0.717) is 5.82 Å². The van der Waals surface area contributed by atoms with Crippen LogP contribution in [-0.4, -0.2) is 35.8 Å². The van der Waals surface area contributed by atoms with Crippen molar-refractivity contribution in [2.24, 2.45) is 0 Å². The topological polar surface area (TPSA) is 80.5 Å². The molecule has 1 aromatic rings. The van der Waals surface area contributed by atoms with E-state index >= 15 is 0 Å². The number of piperidine rings is 1. The van der Waals surface area contributed by atoms with Gasteiger partial charge in [0.2, 0.25) is 0 Å². The van der Waals surface area contributed by atoms with E-state index in [4.69, 9.17) is 10.5 Å². The number of nitrogen functional groups attached to an aromatic ring is 1. The highest BCUT2D eigenvalue weighted by molar-refractivity contribution is 5.68. The molecule has 122 valence electrons. The fourth-order valence-corrected chi connectivity index (χ4v) is 2.65. The molecule has 1 aromatic heterocycles. The van der Waals surface area contributed by atoms with Gasteiger partial charge in [-0.2, -0.15) is 0 Å². The van der Waals surface area contributed by atoms with Gasteiger partial charge in [0.15, 0.2) is 0 Å². The molecular formula is C16H26N4O2. The lowest BCUT2D eigenvalue weighted by Crippen LogP contribution is -2.46. The first-order valence-corrected chi connectivity index (χ1v) is 7.72. The number of alkyl carbamates (subject to hydrolysis) is 1. The van der Waals surface area contributed by atoms with E-state index in [-0.39, 0.29) is 12.1 Å². The van der Waals surface area contributed by atoms with Gasteiger partial charge >= 0.3 is 6.09 Å². The zero-order valence-electron chi connectivity index (χ0n) is 13.8. The van der Waals surface area contributed by atoms with E-state index in [1.54, 1.807) is 0 Å². The molecule has 0 spiro atoms. The van der Waals surface area contributed by atoms with E-state index in [2.05, 4.69) is 15.2 Å². The van der Waals surface area contributed by atoms with Crippen molar-refractivity contribution in [1.29, 1.82) is 0 Å². The maximum atomic E-state index is 11.8. The van der Waals surface area contributed by atoms with Gasteiger partial charge in [0.1, 0.15) is 11.4 Å². The number of amides is 1. The van der Waals surface area contributed by atoms with Crippen LogP contribution in [0.3, 0.4) is 0 Å². The summed E-state index contributed by atoms with van der Waals surface area (Å²) in [4.78, 5) is 18.4. The van der Waals surface area contributed by atoms with Crippen molar-refractivity contribution in [3.8, 4) is 0 Å². The lowest BCUT2D eigenvalue weighted by atomic mass is 10.0. The molecule has 2 heterocycles. The van der Waals surface area contributed by atoms with Crippen LogP contribution in [0, 0.1) is 6.92 Å². The third-order valence-corrected chi connectivity index (χ3v) is 3.64. The number of hydrogen-bond acceptors (Lipinski definition) is 5. The molecular weight excluding hydrogens is 280 g/mol. The smallest absolute Gasteiger partial charge is 0.407 e. The molecule has 6 nitrogen and oxygen atoms in total. The van der Waals surface area contributed by atoms with Gasteiger partial charge in [-0.1, -0.05) is 0 Å². The summed E-state index contributed by atoms with van der Waals surface area (Å²) < 4.78 is 5.30. The summed E-state index contributed by atoms with van der Waals surface area (Å²) in [6.45, 7) is 9.33. The Hall–Kier alpha value is -1.98. The Balaban J connectivity index is 1.86. The van der Waals surface area contributed by atoms with Crippen LogP contribution >= 0.6 is 0 Å². The summed E-state index contributed by atoms with van der Waals surface area (Å²) in [5.41, 5.74) is 7.29. The lowest BCUT2D eigenvalue weighted by Gasteiger charge is -2.34. The quantitative estimate of drug-likeness (QED) is 0.877. The van der Waals surface area contributed by atoms with Crippen LogP contribution in [0.15, 0.2) is 12.1 Å². The van der Waals surface area contributed by atoms with Crippen LogP contribution < -0.4 is 16.0 Å². The number of pyridine rings is 1. The van der Waals surface area contributed by atoms with E-state index < -0.39 is 5.60 Å². The highest BCUT2D eigenvalue weighted by Gasteiger charge is 2.24. The predicted molar refractivity (Wildman–Crippen MR) is 88.0 cm³/mol. The molecule has 3 N–H and O–H groups in total. The van der Waals surface area contributed by atoms with Crippen LogP contribution in [-0.2, 0) is 4.74 Å². The van der Waals surface area contributed by atoms with Crippen molar-refractivity contribution >= 4 is 17.6 Å². The molecule has 2 rings (SSSR count). The predicted octanol–water partition coefficient (Wildman–Crippen LogP) is 2.47. The minimum atomic E-state index is -0.461. The van der Waals surface area contributed by atoms with Crippen molar-refractivity contribution < 1.29 is 9.53 Å². The Morgan fingerprint density at radius 3 is 2.55 bits per heavy atom. The normalized spacial score (nSPS) is 16.5. The van der Waals surface area contributed by atoms with Gasteiger partial charge in [-0.15, -0.1) is 0 Å². The van der Waals surface area contributed by atoms with Gasteiger partial charge in [0.25, 0.3) is 0 Å². The lowest BCUT2D eigenvalue weighted by molar-refractivity contribution is 0.0497. The summed E-state index contributed by atoms with van der Waals surface area (Å²) in [5.74, 6) is 0.544. The largest absolute Gasteiger partial charge is 0.444 e. The first-order valence-electron chi connectivity index (χ1n) is 7.72. The molecule has 1 aliphatic rings. The first kappa shape index (κ1) is 16.4. The maximum Gasteiger partial charge on any atom is 0.407 e. The van der Waals surface area contributed by atoms with E-state index in [0.717, 1.165) is 37.3 Å². The van der Waals surface area contributed by atoms with E-state index in [1.165, 1.54) is 0 Å². The zero-order valence-corrected chi connectivity index (χ0v) is 13.8. The molecule has 6 heteroatoms. The number of nitrogens with two attached hydrogens (primary N) is 1. The van der Waals surface area contributed by atoms with E-state index in [1.807, 2.05) is 39.8 Å². The Kier molecular flexibility index (Phi) is 4.78. The fraction of sp³-hybridized carbons (Fsp3) is 0.625. The number of anilines is 2. The standard InChI is InChI=1S/C16H26N4O2/c1-11-13(5-6-14(17)18-11)20-9-7-12(8-10-20)19-15(21)22-16(2,3)4/h5-6,12H,7-10H2,1-4H3,(H2,17,18)(H,19,21). The van der Waals surface area contributed by atoms with Gasteiger partial charge in [-0.25, -0.2) is 9.78 Å². The molecule has 0 unspecified atom stereocenters. The number of carbonyl (C=O) groups excluding carboxylic acids is 1. The Labute approximate surface area is 132 Å². The molecule has 0 radical (unpaired) electrons. The molecule has 0 atom stereocenters. The van der Waals surface area contributed by atoms with Gasteiger partial charge in [-0.05, 0) is 52.7 Å². The van der Waals surface area contributed by atoms with Crippen LogP contribution in [0.1, 0.15) is 39.3 Å². The summed E-state index contributed by atoms with van der Waals surface area (Å²) in [6.07, 6.45) is 1.45. The van der Waals surface area contributed by atoms with Crippen LogP contribution in [0.4, 0.5) is 16.3 Å². The molecule has 0 bridgehead atoms. The molecule has 1 aliphatic heterocycles. The molecule has 1 fully saturated rings. The molecule has 22 heavy (non-hydrogen) atoms. The summed E-state index contributed by atoms with van der Waals surface area (Å²) in [7, 11) is 0. The Bertz CT molecular complexity index is 531. The first-order chi connectivity index (χ1) is 10.2. The number of nitrogens with zero attached hydrogens (tertiary/aromatic N) is 2. The molecule has 0 aromatic carbocycles. The van der Waals surface area contributed by atoms with E-state index in [9.17, 15) is 4.79 Å². The third-order valence-electron chi connectivity index (χ3n) is 3.64. The summed E-state index contributed by atoms with van der Waals surface area (Å²) >= 11 is 0. The number of nitrogens with one attached hydrogen (secondary N) is 1. The van der Waals surface area contributed by atoms with Gasteiger partial charge in [0, 0.05) is 19.1 Å². The highest BCUT2D eigenvalue weighted by atomic mass is 16.6. The Morgan fingerprint density at radius 1 is 1.36 bits per heavy atom. The second-order valence-corrected chi connectivity index (χ2v) is 6.75. The highest BCUT2D eigenvalue weighted by Crippen LogP contribution is 2.23. The number of rotatable bonds is 2. The second kappa shape index (κ2) is 6.42. The number of aromatic nitrogens is 1. The molecule has 0 aliphatic carbocycles. The number of hydrogen-bond donors (Lipinski definition) is 2. The molecule has 1 saturated heterocycles. The van der Waals surface area contributed by atoms with Crippen molar-refractivity contribution in [2.45, 2.75) is 52.2 Å². The van der Waals surface area contributed by atoms with Gasteiger partial charge < -0.3 is 20.7 Å². The maximum absolute atomic E-state index is 11.8. The van der Waals surface area contributed by atoms with Crippen molar-refractivity contribution in [1.82, 2.24) is 10.3 Å². The van der Waals surface area contributed by atoms with Gasteiger partial charge in [-0.3, -0.25) is 0 Å². The molecule has 1 amide bonds. The number of aryl methyl sites for hydroxylation is 1. The molecule has 0 saturated carbocycles. The van der Waals surface area contributed by atoms with Crippen LogP contribution in [0.2, 0.25) is 0 Å². The van der Waals surface area contributed by atoms with Gasteiger partial charge in [0.05, 0.1) is 11.4 Å². The number of carbonyl (C=O) groups is 1. The van der Waals surface area contributed by atoms with Crippen LogP contribution in [0.25, 0.3) is 0 Å². The summed E-state index contributed by atoms with van der Waals surface area (Å²) in [6, 6.07) is 4.00. The SMILES string of the molecule is Cc1nc(N)ccc1N1CCC(NC(=O)OC(C)(C)C)CC1. The second-order valence-electron chi connectivity index (χ2n) is 6.75. The van der Waals surface area contributed by atoms with Crippen LogP contribution in [0.5, 0.6) is 0 Å². The van der Waals surface area contributed by atoms with Crippen molar-refractivity contribution in [3.05, 3.63) is 17.8 Å². The average molecular weight is 306 g/mol.